The van der Waals surface area contributed by atoms with Gasteiger partial charge in [0.15, 0.2) is 6.10 Å². The van der Waals surface area contributed by atoms with E-state index in [4.69, 9.17) is 4.74 Å². The molecule has 0 radical (unpaired) electrons. The molecular weight excluding hydrogens is 528 g/mol. The number of benzene rings is 2. The molecule has 1 aromatic heterocycles. The Kier molecular flexibility index (Phi) is 6.23. The summed E-state index contributed by atoms with van der Waals surface area (Å²) in [5, 5.41) is 10.6. The Morgan fingerprint density at radius 1 is 1.03 bits per heavy atom. The van der Waals surface area contributed by atoms with Gasteiger partial charge >= 0.3 is 5.97 Å². The molecule has 0 bridgehead atoms. The van der Waals surface area contributed by atoms with E-state index in [1.165, 1.54) is 16.7 Å². The number of aliphatic hydroxyl groups is 1. The number of fused-ring (bicyclic) bond motifs is 1. The first-order valence-corrected chi connectivity index (χ1v) is 13.0. The maximum Gasteiger partial charge on any atom is 0.345 e. The van der Waals surface area contributed by atoms with Gasteiger partial charge in [-0.1, -0.05) is 66.7 Å². The number of aliphatic hydroxyl groups excluding tert-OH is 1. The number of carbonyl (C=O) groups is 2. The van der Waals surface area contributed by atoms with E-state index in [0.717, 1.165) is 11.1 Å². The Hall–Kier alpha value is -2.68. The van der Waals surface area contributed by atoms with E-state index in [-0.39, 0.29) is 11.3 Å². The fourth-order valence-corrected chi connectivity index (χ4v) is 7.40. The van der Waals surface area contributed by atoms with E-state index in [1.807, 2.05) is 74.5 Å². The molecule has 3 heterocycles. The smallest absolute Gasteiger partial charge is 0.345 e. The largest absolute Gasteiger partial charge is 0.450 e. The number of esters is 1. The Balaban J connectivity index is 1.45. The minimum atomic E-state index is -1.39. The molecule has 180 valence electrons. The van der Waals surface area contributed by atoms with Gasteiger partial charge in [-0.15, -0.1) is 11.8 Å². The first kappa shape index (κ1) is 24.0. The summed E-state index contributed by atoms with van der Waals surface area (Å²) in [5.74, 6) is -1.51. The number of amides is 1. The minimum absolute atomic E-state index is 0.297. The van der Waals surface area contributed by atoms with Gasteiger partial charge in [-0.05, 0) is 52.5 Å². The first-order chi connectivity index (χ1) is 16.8. The number of ether oxygens (including phenoxy) is 1. The van der Waals surface area contributed by atoms with Gasteiger partial charge in [-0.2, -0.15) is 0 Å². The molecule has 0 spiro atoms. The number of thioether (sulfide) groups is 1. The van der Waals surface area contributed by atoms with Crippen LogP contribution >= 0.6 is 27.7 Å². The summed E-state index contributed by atoms with van der Waals surface area (Å²) in [4.78, 5) is 32.8. The average Bonchev–Trinajstić information content (AvgIpc) is 3.06. The molecule has 2 aliphatic rings. The quantitative estimate of drug-likeness (QED) is 0.204. The third-order valence-electron chi connectivity index (χ3n) is 6.70. The summed E-state index contributed by atoms with van der Waals surface area (Å²) in [7, 11) is 0. The highest BCUT2D eigenvalue weighted by Crippen LogP contribution is 2.63. The number of aromatic nitrogens is 1. The Morgan fingerprint density at radius 3 is 2.14 bits per heavy atom. The van der Waals surface area contributed by atoms with Gasteiger partial charge in [0.2, 0.25) is 10.4 Å². The van der Waals surface area contributed by atoms with Crippen LogP contribution in [0, 0.1) is 5.92 Å². The van der Waals surface area contributed by atoms with Crippen LogP contribution in [0.3, 0.4) is 0 Å². The fourth-order valence-electron chi connectivity index (χ4n) is 4.77. The monoisotopic (exact) mass is 552 g/mol. The number of hydrogen-bond acceptors (Lipinski definition) is 6. The second-order valence-corrected chi connectivity index (χ2v) is 12.1. The van der Waals surface area contributed by atoms with E-state index in [9.17, 15) is 14.7 Å². The summed E-state index contributed by atoms with van der Waals surface area (Å²) >= 11 is 5.14. The number of pyridine rings is 1. The zero-order chi connectivity index (χ0) is 24.8. The van der Waals surface area contributed by atoms with E-state index in [1.54, 1.807) is 24.5 Å². The zero-order valence-corrected chi connectivity index (χ0v) is 21.6. The van der Waals surface area contributed by atoms with Gasteiger partial charge in [0.25, 0.3) is 0 Å². The normalized spacial score (nSPS) is 25.6. The highest BCUT2D eigenvalue weighted by Gasteiger charge is 2.73. The van der Waals surface area contributed by atoms with E-state index < -0.39 is 33.3 Å². The summed E-state index contributed by atoms with van der Waals surface area (Å²) < 4.78 is 4.05. The Labute approximate surface area is 216 Å². The van der Waals surface area contributed by atoms with Crippen molar-refractivity contribution in [3.63, 3.8) is 0 Å². The second kappa shape index (κ2) is 9.08. The lowest BCUT2D eigenvalue weighted by Crippen LogP contribution is -2.68. The van der Waals surface area contributed by atoms with Crippen LogP contribution in [0.2, 0.25) is 0 Å². The molecule has 2 aromatic carbocycles. The van der Waals surface area contributed by atoms with Crippen LogP contribution in [0.1, 0.15) is 42.7 Å². The van der Waals surface area contributed by atoms with Crippen molar-refractivity contribution >= 4 is 39.6 Å². The second-order valence-electron chi connectivity index (χ2n) is 9.21. The molecule has 1 unspecified atom stereocenters. The number of alkyl halides is 1. The first-order valence-electron chi connectivity index (χ1n) is 11.3. The number of nitrogens with zero attached hydrogens (tertiary/aromatic N) is 2. The predicted octanol–water partition coefficient (Wildman–Crippen LogP) is 4.85. The lowest BCUT2D eigenvalue weighted by Gasteiger charge is -2.49. The number of hydrogen-bond donors (Lipinski definition) is 1. The third-order valence-corrected chi connectivity index (χ3v) is 10.3. The average molecular weight is 553 g/mol. The Morgan fingerprint density at radius 2 is 1.60 bits per heavy atom. The SMILES string of the molecule is CC1(C)S[C@@H]2[C@H](C(O)c3cccnc3)C(=O)N2[C@@]1(Br)C(=O)OC(c1ccccc1)c1ccccc1. The van der Waals surface area contributed by atoms with Crippen molar-refractivity contribution in [1.29, 1.82) is 0 Å². The molecule has 8 heteroatoms. The third kappa shape index (κ3) is 3.88. The molecule has 1 N–H and O–H groups in total. The van der Waals surface area contributed by atoms with Crippen LogP contribution in [-0.2, 0) is 14.3 Å². The van der Waals surface area contributed by atoms with Crippen molar-refractivity contribution in [2.24, 2.45) is 5.92 Å². The summed E-state index contributed by atoms with van der Waals surface area (Å²) in [6.45, 7) is 3.82. The molecule has 2 fully saturated rings. The number of rotatable bonds is 6. The maximum atomic E-state index is 13.9. The van der Waals surface area contributed by atoms with Gasteiger partial charge < -0.3 is 14.7 Å². The highest BCUT2D eigenvalue weighted by molar-refractivity contribution is 9.10. The van der Waals surface area contributed by atoms with Crippen LogP contribution < -0.4 is 0 Å². The van der Waals surface area contributed by atoms with E-state index >= 15 is 0 Å². The van der Waals surface area contributed by atoms with Gasteiger partial charge in [0.1, 0.15) is 0 Å². The van der Waals surface area contributed by atoms with Crippen molar-refractivity contribution in [2.45, 2.75) is 40.6 Å². The zero-order valence-electron chi connectivity index (χ0n) is 19.2. The van der Waals surface area contributed by atoms with Crippen LogP contribution in [-0.4, -0.2) is 41.4 Å². The molecule has 3 aromatic rings. The van der Waals surface area contributed by atoms with Crippen molar-refractivity contribution in [3.05, 3.63) is 102 Å². The van der Waals surface area contributed by atoms with Crippen molar-refractivity contribution in [3.8, 4) is 0 Å². The lowest BCUT2D eigenvalue weighted by molar-refractivity contribution is -0.176. The van der Waals surface area contributed by atoms with Gasteiger partial charge in [-0.3, -0.25) is 9.78 Å². The van der Waals surface area contributed by atoms with Gasteiger partial charge in [-0.25, -0.2) is 4.79 Å². The van der Waals surface area contributed by atoms with Crippen molar-refractivity contribution in [2.75, 3.05) is 0 Å². The number of carbonyl (C=O) groups excluding carboxylic acids is 2. The molecular formula is C27H25BrN2O4S. The molecule has 0 saturated carbocycles. The van der Waals surface area contributed by atoms with Crippen LogP contribution in [0.4, 0.5) is 0 Å². The molecule has 4 atom stereocenters. The van der Waals surface area contributed by atoms with Crippen LogP contribution in [0.25, 0.3) is 0 Å². The van der Waals surface area contributed by atoms with Crippen LogP contribution in [0.5, 0.6) is 0 Å². The minimum Gasteiger partial charge on any atom is -0.450 e. The molecule has 35 heavy (non-hydrogen) atoms. The summed E-state index contributed by atoms with van der Waals surface area (Å²) in [6, 6.07) is 22.6. The summed E-state index contributed by atoms with van der Waals surface area (Å²) in [5.41, 5.74) is 2.25. The molecule has 2 aliphatic heterocycles. The summed E-state index contributed by atoms with van der Waals surface area (Å²) in [6.07, 6.45) is 1.54. The maximum absolute atomic E-state index is 13.9. The fraction of sp³-hybridized carbons (Fsp3) is 0.296. The van der Waals surface area contributed by atoms with Gasteiger partial charge in [0.05, 0.1) is 22.1 Å². The topological polar surface area (TPSA) is 79.7 Å². The van der Waals surface area contributed by atoms with Gasteiger partial charge in [0, 0.05) is 12.4 Å². The number of β-lactam (4-membered cyclic amide) rings is 1. The molecule has 5 rings (SSSR count). The van der Waals surface area contributed by atoms with Crippen molar-refractivity contribution in [1.82, 2.24) is 9.88 Å². The molecule has 1 amide bonds. The highest BCUT2D eigenvalue weighted by atomic mass is 79.9. The lowest BCUT2D eigenvalue weighted by atomic mass is 9.85. The molecule has 2 saturated heterocycles. The van der Waals surface area contributed by atoms with E-state index in [2.05, 4.69) is 20.9 Å². The molecule has 6 nitrogen and oxygen atoms in total. The number of halogens is 1. The predicted molar refractivity (Wildman–Crippen MR) is 137 cm³/mol. The molecule has 0 aliphatic carbocycles. The Bertz CT molecular complexity index is 1190. The van der Waals surface area contributed by atoms with E-state index in [0.29, 0.717) is 5.56 Å². The van der Waals surface area contributed by atoms with Crippen molar-refractivity contribution < 1.29 is 19.4 Å². The standard InChI is InChI=1S/C27H25BrN2O4S/c1-26(2)27(28,30-23(32)20(24(30)35-26)21(31)19-14-9-15-29-16-19)25(33)34-22(17-10-5-3-6-11-17)18-12-7-4-8-13-18/h3-16,20-22,24,31H,1-2H3/t20-,21?,24-,27+/m1/s1. The van der Waals surface area contributed by atoms with Crippen LogP contribution in [0.15, 0.2) is 85.2 Å².